The van der Waals surface area contributed by atoms with Crippen molar-refractivity contribution >= 4 is 40.7 Å². The zero-order valence-electron chi connectivity index (χ0n) is 16.8. The van der Waals surface area contributed by atoms with Crippen molar-refractivity contribution in [3.8, 4) is 0 Å². The van der Waals surface area contributed by atoms with Crippen LogP contribution < -0.4 is 10.9 Å². The largest absolute Gasteiger partial charge is 0.458 e. The van der Waals surface area contributed by atoms with Gasteiger partial charge in [-0.25, -0.2) is 4.79 Å². The van der Waals surface area contributed by atoms with E-state index in [0.29, 0.717) is 11.3 Å². The maximum Gasteiger partial charge on any atom is 0.343 e. The van der Waals surface area contributed by atoms with Gasteiger partial charge in [-0.1, -0.05) is 13.0 Å². The highest BCUT2D eigenvalue weighted by atomic mass is 32.2. The zero-order valence-corrected chi connectivity index (χ0v) is 17.6. The number of hydrogen-bond acceptors (Lipinski definition) is 7. The van der Waals surface area contributed by atoms with Crippen LogP contribution >= 0.6 is 11.8 Å². The molecule has 31 heavy (non-hydrogen) atoms. The van der Waals surface area contributed by atoms with E-state index >= 15 is 0 Å². The van der Waals surface area contributed by atoms with Crippen molar-refractivity contribution in [3.63, 3.8) is 0 Å². The second-order valence-electron chi connectivity index (χ2n) is 7.65. The Morgan fingerprint density at radius 1 is 1.23 bits per heavy atom. The number of aromatic nitrogens is 1. The summed E-state index contributed by atoms with van der Waals surface area (Å²) in [5.74, 6) is -1.71. The predicted octanol–water partition coefficient (Wildman–Crippen LogP) is 1.83. The summed E-state index contributed by atoms with van der Waals surface area (Å²) < 4.78 is 6.30. The van der Waals surface area contributed by atoms with Gasteiger partial charge in [0.25, 0.3) is 11.5 Å². The van der Waals surface area contributed by atoms with Crippen molar-refractivity contribution in [2.45, 2.75) is 37.0 Å². The molecule has 158 valence electrons. The van der Waals surface area contributed by atoms with Crippen LogP contribution in [-0.4, -0.2) is 33.6 Å². The van der Waals surface area contributed by atoms with Gasteiger partial charge in [0.1, 0.15) is 6.61 Å². The smallest absolute Gasteiger partial charge is 0.343 e. The summed E-state index contributed by atoms with van der Waals surface area (Å²) in [6.45, 7) is 1.26. The molecule has 3 aliphatic heterocycles. The van der Waals surface area contributed by atoms with Crippen LogP contribution in [0, 0.1) is 0 Å². The van der Waals surface area contributed by atoms with Gasteiger partial charge in [0.15, 0.2) is 5.60 Å². The van der Waals surface area contributed by atoms with Crippen molar-refractivity contribution in [3.05, 3.63) is 62.6 Å². The van der Waals surface area contributed by atoms with Gasteiger partial charge in [-0.15, -0.1) is 11.8 Å². The molecule has 0 aliphatic carbocycles. The number of pyridine rings is 1. The molecule has 0 radical (unpaired) electrons. The first-order valence-corrected chi connectivity index (χ1v) is 11.0. The number of Topliss-reactive ketones (excluding diaryl/α,β-unsaturated/α-hetero) is 1. The SMILES string of the molecule is CC[C@@]1(O)C(=O)OCc2c1cc1n(c2=O)C/C(=C2/C(=O)Nc3cc(SC)ccc32)C1=O. The zero-order chi connectivity index (χ0) is 22.1. The molecule has 1 atom stereocenters. The number of nitrogens with zero attached hydrogens (tertiary/aromatic N) is 1. The number of anilines is 1. The molecule has 9 heteroatoms. The van der Waals surface area contributed by atoms with Crippen LogP contribution in [0.3, 0.4) is 0 Å². The van der Waals surface area contributed by atoms with Crippen LogP contribution in [0.25, 0.3) is 5.57 Å². The van der Waals surface area contributed by atoms with Crippen molar-refractivity contribution in [1.29, 1.82) is 0 Å². The number of carbonyl (C=O) groups excluding carboxylic acids is 3. The number of esters is 1. The highest BCUT2D eigenvalue weighted by Crippen LogP contribution is 2.40. The Balaban J connectivity index is 1.69. The van der Waals surface area contributed by atoms with Crippen molar-refractivity contribution < 1.29 is 24.2 Å². The molecule has 0 saturated heterocycles. The number of nitrogens with one attached hydrogen (secondary N) is 1. The third-order valence-electron chi connectivity index (χ3n) is 6.14. The van der Waals surface area contributed by atoms with Crippen LogP contribution in [0.4, 0.5) is 5.69 Å². The number of hydrogen-bond donors (Lipinski definition) is 2. The molecule has 1 aromatic heterocycles. The number of rotatable bonds is 2. The maximum atomic E-state index is 13.3. The molecule has 0 spiro atoms. The molecule has 1 aromatic carbocycles. The minimum absolute atomic E-state index is 0.00256. The molecule has 0 fully saturated rings. The van der Waals surface area contributed by atoms with E-state index in [-0.39, 0.29) is 47.5 Å². The molecule has 3 aliphatic rings. The van der Waals surface area contributed by atoms with Crippen LogP contribution in [0.5, 0.6) is 0 Å². The van der Waals surface area contributed by atoms with E-state index in [1.54, 1.807) is 13.0 Å². The lowest BCUT2D eigenvalue weighted by molar-refractivity contribution is -0.172. The van der Waals surface area contributed by atoms with Crippen LogP contribution in [-0.2, 0) is 33.1 Å². The Hall–Kier alpha value is -3.17. The van der Waals surface area contributed by atoms with Gasteiger partial charge in [0, 0.05) is 21.6 Å². The third kappa shape index (κ3) is 2.60. The van der Waals surface area contributed by atoms with E-state index in [2.05, 4.69) is 5.32 Å². The number of carbonyl (C=O) groups is 3. The lowest BCUT2D eigenvalue weighted by Gasteiger charge is -2.31. The van der Waals surface area contributed by atoms with E-state index in [1.165, 1.54) is 22.4 Å². The first-order chi connectivity index (χ1) is 14.8. The van der Waals surface area contributed by atoms with Gasteiger partial charge in [-0.05, 0) is 30.9 Å². The highest BCUT2D eigenvalue weighted by molar-refractivity contribution is 7.98. The van der Waals surface area contributed by atoms with Crippen molar-refractivity contribution in [2.24, 2.45) is 0 Å². The third-order valence-corrected chi connectivity index (χ3v) is 6.86. The Kier molecular flexibility index (Phi) is 4.25. The molecule has 0 saturated carbocycles. The lowest BCUT2D eigenvalue weighted by atomic mass is 9.86. The first kappa shape index (κ1) is 19.8. The Morgan fingerprint density at radius 2 is 2.00 bits per heavy atom. The molecular weight excluding hydrogens is 420 g/mol. The van der Waals surface area contributed by atoms with E-state index in [9.17, 15) is 24.3 Å². The fraction of sp³-hybridized carbons (Fsp3) is 0.273. The number of ether oxygens (including phenoxy) is 1. The van der Waals surface area contributed by atoms with Gasteiger partial charge in [-0.3, -0.25) is 14.4 Å². The summed E-state index contributed by atoms with van der Waals surface area (Å²) in [4.78, 5) is 52.3. The van der Waals surface area contributed by atoms with Crippen molar-refractivity contribution in [1.82, 2.24) is 4.57 Å². The second kappa shape index (κ2) is 6.66. The van der Waals surface area contributed by atoms with E-state index in [0.717, 1.165) is 4.90 Å². The maximum absolute atomic E-state index is 13.3. The van der Waals surface area contributed by atoms with Gasteiger partial charge in [0.2, 0.25) is 5.78 Å². The number of amides is 1. The topological polar surface area (TPSA) is 115 Å². The van der Waals surface area contributed by atoms with E-state index in [1.807, 2.05) is 18.4 Å². The molecule has 2 aromatic rings. The summed E-state index contributed by atoms with van der Waals surface area (Å²) in [6.07, 6.45) is 1.92. The number of benzene rings is 1. The minimum Gasteiger partial charge on any atom is -0.458 e. The van der Waals surface area contributed by atoms with Gasteiger partial charge in [-0.2, -0.15) is 0 Å². The molecule has 2 N–H and O–H groups in total. The number of cyclic esters (lactones) is 1. The highest BCUT2D eigenvalue weighted by Gasteiger charge is 2.46. The molecular formula is C22H18N2O6S. The van der Waals surface area contributed by atoms with Crippen LogP contribution in [0.15, 0.2) is 39.5 Å². The summed E-state index contributed by atoms with van der Waals surface area (Å²) in [6, 6.07) is 6.88. The monoisotopic (exact) mass is 438 g/mol. The molecule has 1 amide bonds. The number of thioether (sulfide) groups is 1. The number of aliphatic hydroxyl groups is 1. The average Bonchev–Trinajstić information content (AvgIpc) is 3.26. The number of allylic oxidation sites excluding steroid dienone is 1. The van der Waals surface area contributed by atoms with Gasteiger partial charge in [0.05, 0.1) is 29.1 Å². The van der Waals surface area contributed by atoms with Crippen LogP contribution in [0.2, 0.25) is 0 Å². The second-order valence-corrected chi connectivity index (χ2v) is 8.53. The summed E-state index contributed by atoms with van der Waals surface area (Å²) in [5, 5.41) is 13.6. The Morgan fingerprint density at radius 3 is 2.71 bits per heavy atom. The fourth-order valence-electron chi connectivity index (χ4n) is 4.40. The van der Waals surface area contributed by atoms with E-state index in [4.69, 9.17) is 4.74 Å². The molecule has 0 bridgehead atoms. The summed E-state index contributed by atoms with van der Waals surface area (Å²) >= 11 is 1.54. The standard InChI is InChI=1S/C22H18N2O6S/c1-3-22(29)14-7-16-18(25)12(8-24(16)20(27)13(14)9-30-21(22)28)17-11-5-4-10(31-2)6-15(11)23-19(17)26/h4-7,29H,3,8-9H2,1-2H3,(H,23,26)/b17-12-/t22-/m0/s1. The van der Waals surface area contributed by atoms with Crippen molar-refractivity contribution in [2.75, 3.05) is 11.6 Å². The van der Waals surface area contributed by atoms with Gasteiger partial charge < -0.3 is 19.7 Å². The van der Waals surface area contributed by atoms with Gasteiger partial charge >= 0.3 is 5.97 Å². The average molecular weight is 438 g/mol. The normalized spacial score (nSPS) is 23.9. The summed E-state index contributed by atoms with van der Waals surface area (Å²) in [7, 11) is 0. The number of fused-ring (bicyclic) bond motifs is 3. The first-order valence-electron chi connectivity index (χ1n) is 9.74. The lowest BCUT2D eigenvalue weighted by Crippen LogP contribution is -2.44. The summed E-state index contributed by atoms with van der Waals surface area (Å²) in [5.41, 5.74) is -0.511. The number of ketones is 1. The molecule has 8 nitrogen and oxygen atoms in total. The fourth-order valence-corrected chi connectivity index (χ4v) is 4.84. The van der Waals surface area contributed by atoms with Crippen LogP contribution in [0.1, 0.15) is 40.5 Å². The predicted molar refractivity (Wildman–Crippen MR) is 113 cm³/mol. The molecule has 0 unspecified atom stereocenters. The van der Waals surface area contributed by atoms with E-state index < -0.39 is 28.8 Å². The molecule has 4 heterocycles. The Labute approximate surface area is 180 Å². The minimum atomic E-state index is -1.98. The Bertz CT molecular complexity index is 1310. The molecule has 5 rings (SSSR count). The quantitative estimate of drug-likeness (QED) is 0.418.